The maximum absolute atomic E-state index is 12.6. The summed E-state index contributed by atoms with van der Waals surface area (Å²) in [6.45, 7) is 6.39. The largest absolute Gasteiger partial charge is 0.397 e. The number of amides is 1. The SMILES string of the molecule is Cc1nn(C)c2sc(C(=O)NC3CCC(C)C3C)c(N)c12. The number of nitrogen functional groups attached to an aromatic ring is 1. The molecular weight excluding hydrogens is 284 g/mol. The summed E-state index contributed by atoms with van der Waals surface area (Å²) in [5.41, 5.74) is 7.63. The summed E-state index contributed by atoms with van der Waals surface area (Å²) in [5, 5.41) is 8.44. The lowest BCUT2D eigenvalue weighted by atomic mass is 9.98. The van der Waals surface area contributed by atoms with Crippen LogP contribution in [0.15, 0.2) is 0 Å². The van der Waals surface area contributed by atoms with E-state index in [0.717, 1.165) is 22.3 Å². The van der Waals surface area contributed by atoms with E-state index in [-0.39, 0.29) is 11.9 Å². The Kier molecular flexibility index (Phi) is 3.43. The summed E-state index contributed by atoms with van der Waals surface area (Å²) in [4.78, 5) is 14.1. The molecule has 3 N–H and O–H groups in total. The zero-order valence-electron chi connectivity index (χ0n) is 12.9. The van der Waals surface area contributed by atoms with Crippen LogP contribution in [-0.4, -0.2) is 21.7 Å². The van der Waals surface area contributed by atoms with Crippen molar-refractivity contribution >= 4 is 33.1 Å². The highest BCUT2D eigenvalue weighted by Crippen LogP contribution is 2.36. The summed E-state index contributed by atoms with van der Waals surface area (Å²) < 4.78 is 1.79. The first kappa shape index (κ1) is 14.4. The molecule has 2 aromatic rings. The zero-order chi connectivity index (χ0) is 15.3. The first-order valence-electron chi connectivity index (χ1n) is 7.42. The van der Waals surface area contributed by atoms with Gasteiger partial charge in [-0.1, -0.05) is 13.8 Å². The van der Waals surface area contributed by atoms with Crippen LogP contribution in [0.5, 0.6) is 0 Å². The normalized spacial score (nSPS) is 25.6. The van der Waals surface area contributed by atoms with E-state index < -0.39 is 0 Å². The minimum atomic E-state index is -0.0425. The molecule has 1 aliphatic rings. The molecule has 114 valence electrons. The average Bonchev–Trinajstić information content (AvgIpc) is 3.02. The van der Waals surface area contributed by atoms with Gasteiger partial charge in [0.2, 0.25) is 0 Å². The molecular formula is C15H22N4OS. The Hall–Kier alpha value is -1.56. The van der Waals surface area contributed by atoms with Crippen molar-refractivity contribution in [2.24, 2.45) is 18.9 Å². The Bertz CT molecular complexity index is 702. The number of nitrogens with two attached hydrogens (primary N) is 1. The number of hydrogen-bond acceptors (Lipinski definition) is 4. The van der Waals surface area contributed by atoms with Crippen molar-refractivity contribution in [2.45, 2.75) is 39.7 Å². The zero-order valence-corrected chi connectivity index (χ0v) is 13.8. The molecule has 5 nitrogen and oxygen atoms in total. The molecule has 1 aliphatic carbocycles. The van der Waals surface area contributed by atoms with Crippen LogP contribution in [0.4, 0.5) is 5.69 Å². The summed E-state index contributed by atoms with van der Waals surface area (Å²) in [6, 6.07) is 0.260. The van der Waals surface area contributed by atoms with Gasteiger partial charge in [0.1, 0.15) is 9.71 Å². The van der Waals surface area contributed by atoms with Crippen molar-refractivity contribution in [3.05, 3.63) is 10.6 Å². The maximum Gasteiger partial charge on any atom is 0.263 e. The summed E-state index contributed by atoms with van der Waals surface area (Å²) in [5.74, 6) is 1.15. The molecule has 3 unspecified atom stereocenters. The second kappa shape index (κ2) is 5.02. The van der Waals surface area contributed by atoms with Gasteiger partial charge >= 0.3 is 0 Å². The number of anilines is 1. The Morgan fingerprint density at radius 2 is 2.14 bits per heavy atom. The van der Waals surface area contributed by atoms with Crippen LogP contribution in [0.1, 0.15) is 42.1 Å². The van der Waals surface area contributed by atoms with E-state index in [1.807, 2.05) is 14.0 Å². The number of thiophene rings is 1. The first-order valence-corrected chi connectivity index (χ1v) is 8.24. The number of rotatable bonds is 2. The van der Waals surface area contributed by atoms with Gasteiger partial charge in [-0.05, 0) is 31.6 Å². The lowest BCUT2D eigenvalue weighted by Gasteiger charge is -2.19. The fraction of sp³-hybridized carbons (Fsp3) is 0.600. The Morgan fingerprint density at radius 1 is 1.43 bits per heavy atom. The Balaban J connectivity index is 1.88. The third-order valence-electron chi connectivity index (χ3n) is 4.87. The molecule has 1 saturated carbocycles. The Morgan fingerprint density at radius 3 is 2.71 bits per heavy atom. The lowest BCUT2D eigenvalue weighted by Crippen LogP contribution is -2.37. The van der Waals surface area contributed by atoms with Crippen LogP contribution in [0.25, 0.3) is 10.2 Å². The van der Waals surface area contributed by atoms with Crippen molar-refractivity contribution < 1.29 is 4.79 Å². The van der Waals surface area contributed by atoms with Gasteiger partial charge in [-0.25, -0.2) is 0 Å². The molecule has 0 spiro atoms. The van der Waals surface area contributed by atoms with Crippen LogP contribution in [0.3, 0.4) is 0 Å². The quantitative estimate of drug-likeness (QED) is 0.896. The highest BCUT2D eigenvalue weighted by Gasteiger charge is 2.32. The monoisotopic (exact) mass is 306 g/mol. The molecule has 0 saturated heterocycles. The fourth-order valence-electron chi connectivity index (χ4n) is 3.30. The van der Waals surface area contributed by atoms with Crippen molar-refractivity contribution in [2.75, 3.05) is 5.73 Å². The minimum absolute atomic E-state index is 0.0425. The second-order valence-corrected chi connectivity index (χ2v) is 7.23. The topological polar surface area (TPSA) is 72.9 Å². The van der Waals surface area contributed by atoms with Gasteiger partial charge in [-0.3, -0.25) is 9.48 Å². The number of nitrogens with one attached hydrogen (secondary N) is 1. The number of nitrogens with zero attached hydrogens (tertiary/aromatic N) is 2. The molecule has 1 amide bonds. The molecule has 0 aromatic carbocycles. The number of fused-ring (bicyclic) bond motifs is 1. The van der Waals surface area contributed by atoms with E-state index in [2.05, 4.69) is 24.3 Å². The van der Waals surface area contributed by atoms with Gasteiger partial charge in [0.25, 0.3) is 5.91 Å². The maximum atomic E-state index is 12.6. The van der Waals surface area contributed by atoms with Crippen molar-refractivity contribution in [1.82, 2.24) is 15.1 Å². The first-order chi connectivity index (χ1) is 9.90. The fourth-order valence-corrected chi connectivity index (χ4v) is 4.39. The minimum Gasteiger partial charge on any atom is -0.397 e. The van der Waals surface area contributed by atoms with E-state index in [4.69, 9.17) is 5.73 Å². The molecule has 0 aliphatic heterocycles. The van der Waals surface area contributed by atoms with Crippen molar-refractivity contribution in [1.29, 1.82) is 0 Å². The Labute approximate surface area is 128 Å². The number of carbonyl (C=O) groups excluding carboxylic acids is 1. The lowest BCUT2D eigenvalue weighted by molar-refractivity contribution is 0.0932. The molecule has 2 aromatic heterocycles. The number of aryl methyl sites for hydroxylation is 2. The smallest absolute Gasteiger partial charge is 0.263 e. The second-order valence-electron chi connectivity index (χ2n) is 6.23. The van der Waals surface area contributed by atoms with Crippen LogP contribution in [-0.2, 0) is 7.05 Å². The highest BCUT2D eigenvalue weighted by atomic mass is 32.1. The third kappa shape index (κ3) is 2.21. The van der Waals surface area contributed by atoms with Gasteiger partial charge in [-0.2, -0.15) is 5.10 Å². The predicted molar refractivity (Wildman–Crippen MR) is 86.6 cm³/mol. The third-order valence-corrected chi connectivity index (χ3v) is 6.14. The van der Waals surface area contributed by atoms with Gasteiger partial charge in [0, 0.05) is 13.1 Å². The van der Waals surface area contributed by atoms with Gasteiger partial charge in [0.05, 0.1) is 16.8 Å². The van der Waals surface area contributed by atoms with Gasteiger partial charge in [-0.15, -0.1) is 11.3 Å². The van der Waals surface area contributed by atoms with Crippen LogP contribution < -0.4 is 11.1 Å². The predicted octanol–water partition coefficient (Wildman–Crippen LogP) is 2.69. The van der Waals surface area contributed by atoms with E-state index in [1.54, 1.807) is 4.68 Å². The van der Waals surface area contributed by atoms with E-state index >= 15 is 0 Å². The summed E-state index contributed by atoms with van der Waals surface area (Å²) in [7, 11) is 1.88. The molecule has 3 rings (SSSR count). The summed E-state index contributed by atoms with van der Waals surface area (Å²) in [6.07, 6.45) is 2.23. The molecule has 0 radical (unpaired) electrons. The number of carbonyl (C=O) groups is 1. The molecule has 0 bridgehead atoms. The summed E-state index contributed by atoms with van der Waals surface area (Å²) >= 11 is 1.43. The van der Waals surface area contributed by atoms with E-state index in [9.17, 15) is 4.79 Å². The molecule has 6 heteroatoms. The van der Waals surface area contributed by atoms with Crippen LogP contribution in [0, 0.1) is 18.8 Å². The number of hydrogen-bond donors (Lipinski definition) is 2. The molecule has 21 heavy (non-hydrogen) atoms. The van der Waals surface area contributed by atoms with Gasteiger partial charge in [0.15, 0.2) is 0 Å². The molecule has 1 fully saturated rings. The standard InChI is InChI=1S/C15H22N4OS/c1-7-5-6-10(8(7)2)17-14(20)13-12(16)11-9(3)18-19(4)15(11)21-13/h7-8,10H,5-6,16H2,1-4H3,(H,17,20). The highest BCUT2D eigenvalue weighted by molar-refractivity contribution is 7.21. The molecule has 2 heterocycles. The van der Waals surface area contributed by atoms with Crippen LogP contribution in [0.2, 0.25) is 0 Å². The van der Waals surface area contributed by atoms with Crippen LogP contribution >= 0.6 is 11.3 Å². The van der Waals surface area contributed by atoms with Gasteiger partial charge < -0.3 is 11.1 Å². The number of aromatic nitrogens is 2. The van der Waals surface area contributed by atoms with E-state index in [0.29, 0.717) is 22.4 Å². The van der Waals surface area contributed by atoms with Crippen molar-refractivity contribution in [3.63, 3.8) is 0 Å². The molecule has 3 atom stereocenters. The van der Waals surface area contributed by atoms with Crippen molar-refractivity contribution in [3.8, 4) is 0 Å². The van der Waals surface area contributed by atoms with E-state index in [1.165, 1.54) is 17.8 Å². The average molecular weight is 306 g/mol.